The number of hydrogen-bond donors (Lipinski definition) is 0. The third kappa shape index (κ3) is 7.76. The summed E-state index contributed by atoms with van der Waals surface area (Å²) in [6.07, 6.45) is 4.06. The van der Waals surface area contributed by atoms with Gasteiger partial charge in [0.15, 0.2) is 0 Å². The number of hydrogen-bond acceptors (Lipinski definition) is 5. The number of carbonyl (C=O) groups excluding carboxylic acids is 1. The Morgan fingerprint density at radius 1 is 1.00 bits per heavy atom. The van der Waals surface area contributed by atoms with Crippen LogP contribution in [0.3, 0.4) is 0 Å². The van der Waals surface area contributed by atoms with E-state index in [2.05, 4.69) is 59.5 Å². The highest BCUT2D eigenvalue weighted by Crippen LogP contribution is 2.31. The van der Waals surface area contributed by atoms with Crippen LogP contribution in [0.5, 0.6) is 5.75 Å². The summed E-state index contributed by atoms with van der Waals surface area (Å²) < 4.78 is 7.50. The summed E-state index contributed by atoms with van der Waals surface area (Å²) in [5, 5.41) is 0. The Hall–Kier alpha value is -2.02. The van der Waals surface area contributed by atoms with Crippen molar-refractivity contribution in [3.63, 3.8) is 0 Å². The van der Waals surface area contributed by atoms with Crippen LogP contribution >= 0.6 is 11.9 Å². The van der Waals surface area contributed by atoms with Crippen molar-refractivity contribution in [1.82, 2.24) is 14.1 Å². The number of likely N-dealkylation sites (tertiary alicyclic amines) is 1. The molecule has 0 atom stereocenters. The van der Waals surface area contributed by atoms with Crippen molar-refractivity contribution in [3.05, 3.63) is 58.7 Å². The standard InChI is InChI=1S/C27H39N3O2S/c1-21-18-25(32-5)19-22(2)27(21)33-29(4)17-13-26(31)28(3)16-12-23-8-10-24(11-9-23)20-30-14-6-7-15-30/h8-11,18-19H,6-7,12-17,20H2,1-5H3. The summed E-state index contributed by atoms with van der Waals surface area (Å²) in [6, 6.07) is 13.0. The molecule has 0 saturated carbocycles. The highest BCUT2D eigenvalue weighted by molar-refractivity contribution is 7.97. The topological polar surface area (TPSA) is 36.0 Å². The monoisotopic (exact) mass is 469 g/mol. The summed E-state index contributed by atoms with van der Waals surface area (Å²) in [4.78, 5) is 18.3. The quantitative estimate of drug-likeness (QED) is 0.436. The normalized spacial score (nSPS) is 14.1. The van der Waals surface area contributed by atoms with Gasteiger partial charge in [-0.05, 0) is 99.6 Å². The first-order chi connectivity index (χ1) is 15.9. The molecule has 1 aliphatic heterocycles. The summed E-state index contributed by atoms with van der Waals surface area (Å²) >= 11 is 1.70. The molecule has 0 spiro atoms. The van der Waals surface area contributed by atoms with E-state index in [0.29, 0.717) is 13.0 Å². The molecule has 6 heteroatoms. The third-order valence-electron chi connectivity index (χ3n) is 6.35. The van der Waals surface area contributed by atoms with E-state index < -0.39 is 0 Å². The molecule has 1 heterocycles. The molecule has 2 aromatic carbocycles. The molecule has 33 heavy (non-hydrogen) atoms. The number of carbonyl (C=O) groups is 1. The Balaban J connectivity index is 1.40. The maximum Gasteiger partial charge on any atom is 0.223 e. The van der Waals surface area contributed by atoms with Gasteiger partial charge in [-0.1, -0.05) is 24.3 Å². The fourth-order valence-corrected chi connectivity index (χ4v) is 5.15. The van der Waals surface area contributed by atoms with Crippen LogP contribution in [0.25, 0.3) is 0 Å². The van der Waals surface area contributed by atoms with Gasteiger partial charge in [0.2, 0.25) is 5.91 Å². The van der Waals surface area contributed by atoms with Gasteiger partial charge in [-0.2, -0.15) is 0 Å². The van der Waals surface area contributed by atoms with Gasteiger partial charge in [0.25, 0.3) is 0 Å². The first kappa shape index (κ1) is 25.6. The van der Waals surface area contributed by atoms with Crippen molar-refractivity contribution in [3.8, 4) is 5.75 Å². The van der Waals surface area contributed by atoms with E-state index in [1.165, 1.54) is 53.1 Å². The molecule has 5 nitrogen and oxygen atoms in total. The van der Waals surface area contributed by atoms with Crippen molar-refractivity contribution in [1.29, 1.82) is 0 Å². The zero-order valence-electron chi connectivity index (χ0n) is 20.9. The lowest BCUT2D eigenvalue weighted by Crippen LogP contribution is -2.31. The highest BCUT2D eigenvalue weighted by atomic mass is 32.2. The minimum atomic E-state index is 0.191. The van der Waals surface area contributed by atoms with Crippen LogP contribution < -0.4 is 4.74 Å². The van der Waals surface area contributed by atoms with Gasteiger partial charge < -0.3 is 9.64 Å². The van der Waals surface area contributed by atoms with E-state index in [9.17, 15) is 4.79 Å². The summed E-state index contributed by atoms with van der Waals surface area (Å²) in [5.41, 5.74) is 5.06. The summed E-state index contributed by atoms with van der Waals surface area (Å²) in [7, 11) is 5.65. The van der Waals surface area contributed by atoms with E-state index in [1.807, 2.05) is 19.0 Å². The molecule has 0 N–H and O–H groups in total. The van der Waals surface area contributed by atoms with Crippen LogP contribution in [0, 0.1) is 13.8 Å². The average Bonchev–Trinajstić information content (AvgIpc) is 3.32. The van der Waals surface area contributed by atoms with Crippen molar-refractivity contribution >= 4 is 17.9 Å². The molecule has 0 radical (unpaired) electrons. The number of aryl methyl sites for hydroxylation is 2. The van der Waals surface area contributed by atoms with Gasteiger partial charge in [-0.15, -0.1) is 0 Å². The van der Waals surface area contributed by atoms with Gasteiger partial charge >= 0.3 is 0 Å². The molecule has 0 bridgehead atoms. The number of likely N-dealkylation sites (N-methyl/N-ethyl adjacent to an activating group) is 1. The highest BCUT2D eigenvalue weighted by Gasteiger charge is 2.14. The van der Waals surface area contributed by atoms with Gasteiger partial charge in [0.05, 0.1) is 7.11 Å². The first-order valence-corrected chi connectivity index (χ1v) is 12.7. The fourth-order valence-electron chi connectivity index (χ4n) is 4.25. The van der Waals surface area contributed by atoms with E-state index in [0.717, 1.165) is 25.3 Å². The van der Waals surface area contributed by atoms with Gasteiger partial charge in [0.1, 0.15) is 5.75 Å². The molecule has 1 fully saturated rings. The van der Waals surface area contributed by atoms with Gasteiger partial charge in [0, 0.05) is 38.0 Å². The van der Waals surface area contributed by atoms with Crippen molar-refractivity contribution in [2.75, 3.05) is 47.4 Å². The number of amides is 1. The Bertz CT molecular complexity index is 887. The van der Waals surface area contributed by atoms with Crippen LogP contribution in [0.15, 0.2) is 41.3 Å². The minimum absolute atomic E-state index is 0.191. The SMILES string of the molecule is COc1cc(C)c(SN(C)CCC(=O)N(C)CCc2ccc(CN3CCCC3)cc2)c(C)c1. The van der Waals surface area contributed by atoms with Crippen LogP contribution in [0.2, 0.25) is 0 Å². The first-order valence-electron chi connectivity index (χ1n) is 11.9. The van der Waals surface area contributed by atoms with Gasteiger partial charge in [-0.25, -0.2) is 4.31 Å². The summed E-state index contributed by atoms with van der Waals surface area (Å²) in [6.45, 7) is 9.16. The zero-order valence-corrected chi connectivity index (χ0v) is 21.7. The number of nitrogens with zero attached hydrogens (tertiary/aromatic N) is 3. The molecule has 0 aliphatic carbocycles. The van der Waals surface area contributed by atoms with E-state index in [1.54, 1.807) is 19.1 Å². The smallest absolute Gasteiger partial charge is 0.223 e. The van der Waals surface area contributed by atoms with Crippen LogP contribution in [-0.2, 0) is 17.8 Å². The molecule has 1 aliphatic rings. The predicted molar refractivity (Wildman–Crippen MR) is 138 cm³/mol. The molecule has 0 unspecified atom stereocenters. The van der Waals surface area contributed by atoms with E-state index in [4.69, 9.17) is 4.74 Å². The number of methoxy groups -OCH3 is 1. The second-order valence-electron chi connectivity index (χ2n) is 9.15. The number of ether oxygens (including phenoxy) is 1. The maximum atomic E-state index is 12.7. The Kier molecular flexibility index (Phi) is 9.65. The molecule has 2 aromatic rings. The Morgan fingerprint density at radius 2 is 1.61 bits per heavy atom. The van der Waals surface area contributed by atoms with E-state index >= 15 is 0 Å². The third-order valence-corrected chi connectivity index (χ3v) is 7.67. The lowest BCUT2D eigenvalue weighted by Gasteiger charge is -2.21. The Labute approximate surface area is 204 Å². The zero-order chi connectivity index (χ0) is 23.8. The second kappa shape index (κ2) is 12.4. The molecule has 3 rings (SSSR count). The van der Waals surface area contributed by atoms with E-state index in [-0.39, 0.29) is 5.91 Å². The Morgan fingerprint density at radius 3 is 2.21 bits per heavy atom. The molecule has 0 aromatic heterocycles. The lowest BCUT2D eigenvalue weighted by atomic mass is 10.1. The minimum Gasteiger partial charge on any atom is -0.497 e. The van der Waals surface area contributed by atoms with Crippen LogP contribution in [0.1, 0.15) is 41.5 Å². The largest absolute Gasteiger partial charge is 0.497 e. The lowest BCUT2D eigenvalue weighted by molar-refractivity contribution is -0.129. The molecule has 1 amide bonds. The molecular weight excluding hydrogens is 430 g/mol. The second-order valence-corrected chi connectivity index (χ2v) is 10.4. The van der Waals surface area contributed by atoms with Crippen LogP contribution in [-0.4, -0.2) is 67.4 Å². The van der Waals surface area contributed by atoms with Crippen molar-refractivity contribution in [2.45, 2.75) is 51.0 Å². The molecular formula is C27H39N3O2S. The average molecular weight is 470 g/mol. The fraction of sp³-hybridized carbons (Fsp3) is 0.519. The van der Waals surface area contributed by atoms with Crippen LogP contribution in [0.4, 0.5) is 0 Å². The number of benzene rings is 2. The van der Waals surface area contributed by atoms with Crippen molar-refractivity contribution in [2.24, 2.45) is 0 Å². The van der Waals surface area contributed by atoms with Gasteiger partial charge in [-0.3, -0.25) is 9.69 Å². The summed E-state index contributed by atoms with van der Waals surface area (Å²) in [5.74, 6) is 1.08. The maximum absolute atomic E-state index is 12.7. The van der Waals surface area contributed by atoms with Crippen molar-refractivity contribution < 1.29 is 9.53 Å². The number of rotatable bonds is 11. The predicted octanol–water partition coefficient (Wildman–Crippen LogP) is 4.94. The molecule has 180 valence electrons. The molecule has 1 saturated heterocycles.